The van der Waals surface area contributed by atoms with Crippen LogP contribution in [0.25, 0.3) is 0 Å². The van der Waals surface area contributed by atoms with Crippen molar-refractivity contribution in [2.45, 2.75) is 19.9 Å². The fraction of sp³-hybridized carbons (Fsp3) is 0.636. The van der Waals surface area contributed by atoms with Crippen molar-refractivity contribution in [2.24, 2.45) is 18.7 Å². The van der Waals surface area contributed by atoms with Gasteiger partial charge in [0, 0.05) is 20.1 Å². The van der Waals surface area contributed by atoms with Crippen molar-refractivity contribution in [1.82, 2.24) is 14.7 Å². The Labute approximate surface area is 109 Å². The number of hydrogen-bond donors (Lipinski definition) is 1. The molecule has 0 aliphatic carbocycles. The highest BCUT2D eigenvalue weighted by Crippen LogP contribution is 2.24. The topological polar surface area (TPSA) is 64.2 Å². The average Bonchev–Trinajstić information content (AvgIpc) is 2.80. The first-order valence-corrected chi connectivity index (χ1v) is 6.48. The molecule has 1 saturated heterocycles. The zero-order chi connectivity index (χ0) is 12.6. The summed E-state index contributed by atoms with van der Waals surface area (Å²) in [6.07, 6.45) is 0.865. The van der Waals surface area contributed by atoms with Crippen LogP contribution < -0.4 is 5.73 Å². The smallest absolute Gasteiger partial charge is 0.221 e. The van der Waals surface area contributed by atoms with E-state index in [0.29, 0.717) is 0 Å². The Balaban J connectivity index is 2.05. The number of carbonyl (C=O) groups excluding carboxylic acids is 1. The lowest BCUT2D eigenvalue weighted by atomic mass is 10.1. The van der Waals surface area contributed by atoms with Crippen molar-refractivity contribution < 1.29 is 4.79 Å². The number of aromatic nitrogens is 2. The van der Waals surface area contributed by atoms with Crippen molar-refractivity contribution in [3.05, 3.63) is 15.9 Å². The van der Waals surface area contributed by atoms with Gasteiger partial charge in [-0.3, -0.25) is 14.4 Å². The van der Waals surface area contributed by atoms with Crippen LogP contribution >= 0.6 is 15.9 Å². The van der Waals surface area contributed by atoms with Crippen molar-refractivity contribution in [3.63, 3.8) is 0 Å². The molecule has 17 heavy (non-hydrogen) atoms. The number of amides is 1. The number of halogens is 1. The van der Waals surface area contributed by atoms with E-state index in [1.807, 2.05) is 18.7 Å². The van der Waals surface area contributed by atoms with Gasteiger partial charge >= 0.3 is 0 Å². The first-order chi connectivity index (χ1) is 7.99. The molecule has 1 amide bonds. The van der Waals surface area contributed by atoms with Crippen LogP contribution in [-0.4, -0.2) is 33.7 Å². The number of likely N-dealkylation sites (tertiary alicyclic amines) is 1. The number of hydrogen-bond acceptors (Lipinski definition) is 3. The summed E-state index contributed by atoms with van der Waals surface area (Å²) in [5.41, 5.74) is 7.46. The Kier molecular flexibility index (Phi) is 3.53. The quantitative estimate of drug-likeness (QED) is 0.898. The molecular formula is C11H17BrN4O. The van der Waals surface area contributed by atoms with Crippen LogP contribution in [0.5, 0.6) is 0 Å². The van der Waals surface area contributed by atoms with E-state index in [1.54, 1.807) is 0 Å². The summed E-state index contributed by atoms with van der Waals surface area (Å²) in [5.74, 6) is -0.184. The number of primary amides is 1. The first kappa shape index (κ1) is 12.6. The molecule has 1 fully saturated rings. The van der Waals surface area contributed by atoms with Crippen LogP contribution in [-0.2, 0) is 18.4 Å². The third-order valence-electron chi connectivity index (χ3n) is 3.31. The van der Waals surface area contributed by atoms with Gasteiger partial charge in [0.1, 0.15) is 0 Å². The molecule has 1 unspecified atom stereocenters. The van der Waals surface area contributed by atoms with E-state index >= 15 is 0 Å². The summed E-state index contributed by atoms with van der Waals surface area (Å²) in [5, 5.41) is 4.36. The van der Waals surface area contributed by atoms with Crippen molar-refractivity contribution in [3.8, 4) is 0 Å². The van der Waals surface area contributed by atoms with Gasteiger partial charge in [-0.1, -0.05) is 0 Å². The van der Waals surface area contributed by atoms with Crippen LogP contribution in [0.2, 0.25) is 0 Å². The third-order valence-corrected chi connectivity index (χ3v) is 4.34. The summed E-state index contributed by atoms with van der Waals surface area (Å²) in [6, 6.07) is 0. The molecule has 2 rings (SSSR count). The van der Waals surface area contributed by atoms with Crippen LogP contribution in [0.1, 0.15) is 17.8 Å². The van der Waals surface area contributed by atoms with Gasteiger partial charge in [0.15, 0.2) is 0 Å². The molecule has 2 N–H and O–H groups in total. The highest BCUT2D eigenvalue weighted by molar-refractivity contribution is 9.10. The zero-order valence-corrected chi connectivity index (χ0v) is 11.7. The highest BCUT2D eigenvalue weighted by Gasteiger charge is 2.27. The van der Waals surface area contributed by atoms with Gasteiger partial charge in [0.2, 0.25) is 5.91 Å². The second-order valence-electron chi connectivity index (χ2n) is 4.59. The lowest BCUT2D eigenvalue weighted by molar-refractivity contribution is -0.121. The molecule has 94 valence electrons. The highest BCUT2D eigenvalue weighted by atomic mass is 79.9. The summed E-state index contributed by atoms with van der Waals surface area (Å²) >= 11 is 3.55. The Morgan fingerprint density at radius 2 is 2.35 bits per heavy atom. The van der Waals surface area contributed by atoms with E-state index in [2.05, 4.69) is 25.9 Å². The van der Waals surface area contributed by atoms with E-state index in [1.165, 1.54) is 0 Å². The standard InChI is InChI=1S/C11H17BrN4O/c1-7-10(12)9(15(2)14-7)6-16-4-3-8(5-16)11(13)17/h8H,3-6H2,1-2H3,(H2,13,17). The van der Waals surface area contributed by atoms with E-state index in [0.717, 1.165) is 41.9 Å². The SMILES string of the molecule is Cc1nn(C)c(CN2CCC(C(N)=O)C2)c1Br. The molecule has 1 atom stereocenters. The average molecular weight is 301 g/mol. The summed E-state index contributed by atoms with van der Waals surface area (Å²) in [4.78, 5) is 13.4. The number of nitrogens with two attached hydrogens (primary N) is 1. The Bertz CT molecular complexity index is 443. The molecule has 2 heterocycles. The second-order valence-corrected chi connectivity index (χ2v) is 5.39. The molecule has 0 bridgehead atoms. The largest absolute Gasteiger partial charge is 0.369 e. The molecule has 0 saturated carbocycles. The number of nitrogens with zero attached hydrogens (tertiary/aromatic N) is 3. The number of rotatable bonds is 3. The van der Waals surface area contributed by atoms with Gasteiger partial charge in [-0.05, 0) is 35.8 Å². The van der Waals surface area contributed by atoms with E-state index in [-0.39, 0.29) is 11.8 Å². The molecule has 1 aliphatic rings. The first-order valence-electron chi connectivity index (χ1n) is 5.68. The van der Waals surface area contributed by atoms with Crippen LogP contribution in [0.4, 0.5) is 0 Å². The van der Waals surface area contributed by atoms with Crippen molar-refractivity contribution in [1.29, 1.82) is 0 Å². The Morgan fingerprint density at radius 3 is 2.82 bits per heavy atom. The molecule has 1 aromatic rings. The minimum absolute atomic E-state index is 0.00287. The molecular weight excluding hydrogens is 284 g/mol. The summed E-state index contributed by atoms with van der Waals surface area (Å²) in [6.45, 7) is 4.46. The second kappa shape index (κ2) is 4.78. The molecule has 0 aromatic carbocycles. The molecule has 1 aromatic heterocycles. The predicted molar refractivity (Wildman–Crippen MR) is 68.2 cm³/mol. The van der Waals surface area contributed by atoms with Crippen LogP contribution in [0, 0.1) is 12.8 Å². The molecule has 0 radical (unpaired) electrons. The predicted octanol–water partition coefficient (Wildman–Crippen LogP) is 0.798. The maximum Gasteiger partial charge on any atom is 0.221 e. The molecule has 1 aliphatic heterocycles. The maximum absolute atomic E-state index is 11.1. The lowest BCUT2D eigenvalue weighted by Gasteiger charge is -2.15. The van der Waals surface area contributed by atoms with Crippen LogP contribution in [0.15, 0.2) is 4.47 Å². The van der Waals surface area contributed by atoms with Gasteiger partial charge in [0.05, 0.1) is 21.8 Å². The van der Waals surface area contributed by atoms with Crippen molar-refractivity contribution >= 4 is 21.8 Å². The third kappa shape index (κ3) is 2.52. The van der Waals surface area contributed by atoms with Gasteiger partial charge in [-0.15, -0.1) is 0 Å². The normalized spacial score (nSPS) is 21.0. The summed E-state index contributed by atoms with van der Waals surface area (Å²) < 4.78 is 2.94. The van der Waals surface area contributed by atoms with Crippen LogP contribution in [0.3, 0.4) is 0 Å². The molecule has 0 spiro atoms. The fourth-order valence-corrected chi connectivity index (χ4v) is 2.73. The van der Waals surface area contributed by atoms with E-state index in [4.69, 9.17) is 5.73 Å². The van der Waals surface area contributed by atoms with Gasteiger partial charge in [0.25, 0.3) is 0 Å². The fourth-order valence-electron chi connectivity index (χ4n) is 2.27. The van der Waals surface area contributed by atoms with Gasteiger partial charge < -0.3 is 5.73 Å². The Hall–Kier alpha value is -0.880. The monoisotopic (exact) mass is 300 g/mol. The Morgan fingerprint density at radius 1 is 1.65 bits per heavy atom. The maximum atomic E-state index is 11.1. The number of carbonyl (C=O) groups is 1. The number of aryl methyl sites for hydroxylation is 2. The molecule has 6 heteroatoms. The van der Waals surface area contributed by atoms with E-state index in [9.17, 15) is 4.79 Å². The minimum atomic E-state index is -0.187. The molecule has 5 nitrogen and oxygen atoms in total. The van der Waals surface area contributed by atoms with Gasteiger partial charge in [-0.25, -0.2) is 0 Å². The van der Waals surface area contributed by atoms with Gasteiger partial charge in [-0.2, -0.15) is 5.10 Å². The van der Waals surface area contributed by atoms with E-state index < -0.39 is 0 Å². The zero-order valence-electron chi connectivity index (χ0n) is 10.1. The minimum Gasteiger partial charge on any atom is -0.369 e. The summed E-state index contributed by atoms with van der Waals surface area (Å²) in [7, 11) is 1.94. The lowest BCUT2D eigenvalue weighted by Crippen LogP contribution is -2.27. The van der Waals surface area contributed by atoms with Crippen molar-refractivity contribution in [2.75, 3.05) is 13.1 Å².